The highest BCUT2D eigenvalue weighted by atomic mass is 35.5. The van der Waals surface area contributed by atoms with Crippen molar-refractivity contribution in [3.63, 3.8) is 0 Å². The van der Waals surface area contributed by atoms with Gasteiger partial charge >= 0.3 is 0 Å². The molecular formula is C21H16ClN3O5. The number of hydrazine groups is 1. The first-order valence-electron chi connectivity index (χ1n) is 8.75. The number of benzene rings is 3. The van der Waals surface area contributed by atoms with Crippen molar-refractivity contribution in [3.8, 4) is 16.9 Å². The van der Waals surface area contributed by atoms with E-state index in [0.717, 1.165) is 11.1 Å². The van der Waals surface area contributed by atoms with Crippen LogP contribution in [0.25, 0.3) is 11.1 Å². The topological polar surface area (TPSA) is 111 Å². The predicted molar refractivity (Wildman–Crippen MR) is 111 cm³/mol. The van der Waals surface area contributed by atoms with Crippen molar-refractivity contribution in [1.82, 2.24) is 10.9 Å². The van der Waals surface area contributed by atoms with E-state index in [2.05, 4.69) is 10.9 Å². The SMILES string of the molecule is O=C(COc1ccc(-c2ccccc2)cc1Cl)NNC(=O)c1ccc([N+](=O)[O-])cc1. The second kappa shape index (κ2) is 9.53. The summed E-state index contributed by atoms with van der Waals surface area (Å²) in [5.74, 6) is -0.898. The van der Waals surface area contributed by atoms with Gasteiger partial charge in [-0.25, -0.2) is 0 Å². The molecule has 3 aromatic carbocycles. The molecule has 0 aliphatic rings. The molecule has 30 heavy (non-hydrogen) atoms. The molecule has 9 heteroatoms. The average Bonchev–Trinajstić information content (AvgIpc) is 2.77. The number of hydrogen-bond acceptors (Lipinski definition) is 5. The number of halogens is 1. The molecule has 0 saturated carbocycles. The van der Waals surface area contributed by atoms with Gasteiger partial charge in [-0.3, -0.25) is 30.6 Å². The summed E-state index contributed by atoms with van der Waals surface area (Å²) in [6.45, 7) is -0.370. The molecule has 0 heterocycles. The number of nitro benzene ring substituents is 1. The number of rotatable bonds is 6. The van der Waals surface area contributed by atoms with E-state index < -0.39 is 16.7 Å². The van der Waals surface area contributed by atoms with Crippen LogP contribution in [0.15, 0.2) is 72.8 Å². The lowest BCUT2D eigenvalue weighted by atomic mass is 10.1. The Labute approximate surface area is 176 Å². The molecule has 2 N–H and O–H groups in total. The van der Waals surface area contributed by atoms with E-state index >= 15 is 0 Å². The maximum absolute atomic E-state index is 12.0. The lowest BCUT2D eigenvalue weighted by Crippen LogP contribution is -2.43. The first-order valence-corrected chi connectivity index (χ1v) is 9.13. The zero-order valence-electron chi connectivity index (χ0n) is 15.5. The van der Waals surface area contributed by atoms with E-state index in [0.29, 0.717) is 10.8 Å². The molecule has 152 valence electrons. The third-order valence-electron chi connectivity index (χ3n) is 4.05. The van der Waals surface area contributed by atoms with Crippen LogP contribution in [0.5, 0.6) is 5.75 Å². The number of non-ortho nitro benzene ring substituents is 1. The number of carbonyl (C=O) groups is 2. The molecule has 2 amide bonds. The lowest BCUT2D eigenvalue weighted by Gasteiger charge is -2.11. The Bertz CT molecular complexity index is 1070. The number of nitrogens with one attached hydrogen (secondary N) is 2. The zero-order valence-corrected chi connectivity index (χ0v) is 16.3. The number of carbonyl (C=O) groups excluding carboxylic acids is 2. The van der Waals surface area contributed by atoms with E-state index in [1.165, 1.54) is 24.3 Å². The highest BCUT2D eigenvalue weighted by Crippen LogP contribution is 2.30. The second-order valence-electron chi connectivity index (χ2n) is 6.11. The van der Waals surface area contributed by atoms with Crippen LogP contribution in [0.3, 0.4) is 0 Å². The van der Waals surface area contributed by atoms with Gasteiger partial charge in [-0.1, -0.05) is 48.0 Å². The van der Waals surface area contributed by atoms with Gasteiger partial charge in [0.1, 0.15) is 5.75 Å². The van der Waals surface area contributed by atoms with Crippen molar-refractivity contribution in [1.29, 1.82) is 0 Å². The fourth-order valence-corrected chi connectivity index (χ4v) is 2.78. The molecule has 0 fully saturated rings. The van der Waals surface area contributed by atoms with Crippen LogP contribution in [-0.2, 0) is 4.79 Å². The van der Waals surface area contributed by atoms with Gasteiger partial charge in [-0.05, 0) is 35.4 Å². The largest absolute Gasteiger partial charge is 0.482 e. The standard InChI is InChI=1S/C21H16ClN3O5/c22-18-12-16(14-4-2-1-3-5-14)8-11-19(18)30-13-20(26)23-24-21(27)15-6-9-17(10-7-15)25(28)29/h1-12H,13H2,(H,23,26)(H,24,27). The maximum atomic E-state index is 12.0. The Kier molecular flexibility index (Phi) is 6.61. The maximum Gasteiger partial charge on any atom is 0.276 e. The van der Waals surface area contributed by atoms with Gasteiger partial charge < -0.3 is 4.74 Å². The van der Waals surface area contributed by atoms with Gasteiger partial charge in [0.15, 0.2) is 6.61 Å². The molecule has 0 aliphatic heterocycles. The summed E-state index contributed by atoms with van der Waals surface area (Å²) in [4.78, 5) is 33.9. The first-order chi connectivity index (χ1) is 14.4. The Morgan fingerprint density at radius 3 is 2.27 bits per heavy atom. The van der Waals surface area contributed by atoms with E-state index in [1.807, 2.05) is 36.4 Å². The summed E-state index contributed by atoms with van der Waals surface area (Å²) in [7, 11) is 0. The van der Waals surface area contributed by atoms with Crippen molar-refractivity contribution < 1.29 is 19.2 Å². The third kappa shape index (κ3) is 5.33. The number of nitrogens with zero attached hydrogens (tertiary/aromatic N) is 1. The van der Waals surface area contributed by atoms with Crippen LogP contribution < -0.4 is 15.6 Å². The molecule has 0 aliphatic carbocycles. The second-order valence-corrected chi connectivity index (χ2v) is 6.51. The molecule has 0 saturated heterocycles. The van der Waals surface area contributed by atoms with Crippen LogP contribution >= 0.6 is 11.6 Å². The van der Waals surface area contributed by atoms with Gasteiger partial charge in [0, 0.05) is 17.7 Å². The fraction of sp³-hybridized carbons (Fsp3) is 0.0476. The minimum Gasteiger partial charge on any atom is -0.482 e. The highest BCUT2D eigenvalue weighted by Gasteiger charge is 2.11. The molecule has 0 unspecified atom stereocenters. The fourth-order valence-electron chi connectivity index (χ4n) is 2.54. The van der Waals surface area contributed by atoms with Crippen LogP contribution in [0.1, 0.15) is 10.4 Å². The Morgan fingerprint density at radius 2 is 1.63 bits per heavy atom. The van der Waals surface area contributed by atoms with Crippen molar-refractivity contribution >= 4 is 29.1 Å². The Hall–Kier alpha value is -3.91. The summed E-state index contributed by atoms with van der Waals surface area (Å²) >= 11 is 6.23. The van der Waals surface area contributed by atoms with Gasteiger partial charge in [0.25, 0.3) is 17.5 Å². The molecular weight excluding hydrogens is 410 g/mol. The van der Waals surface area contributed by atoms with Gasteiger partial charge in [-0.2, -0.15) is 0 Å². The molecule has 3 rings (SSSR count). The molecule has 0 radical (unpaired) electrons. The van der Waals surface area contributed by atoms with Crippen LogP contribution in [-0.4, -0.2) is 23.3 Å². The summed E-state index contributed by atoms with van der Waals surface area (Å²) < 4.78 is 5.40. The summed E-state index contributed by atoms with van der Waals surface area (Å²) in [5, 5.41) is 11.0. The van der Waals surface area contributed by atoms with Crippen LogP contribution in [0.4, 0.5) is 5.69 Å². The van der Waals surface area contributed by atoms with Crippen LogP contribution in [0.2, 0.25) is 5.02 Å². The average molecular weight is 426 g/mol. The van der Waals surface area contributed by atoms with Gasteiger partial charge in [0.05, 0.1) is 9.95 Å². The molecule has 0 aromatic heterocycles. The van der Waals surface area contributed by atoms with Crippen molar-refractivity contribution in [3.05, 3.63) is 93.5 Å². The minimum absolute atomic E-state index is 0.140. The molecule has 0 spiro atoms. The predicted octanol–water partition coefficient (Wildman–Crippen LogP) is 3.76. The number of nitro groups is 1. The summed E-state index contributed by atoms with van der Waals surface area (Å²) in [6.07, 6.45) is 0. The summed E-state index contributed by atoms with van der Waals surface area (Å²) in [6, 6.07) is 19.8. The Balaban J connectivity index is 1.51. The highest BCUT2D eigenvalue weighted by molar-refractivity contribution is 6.32. The van der Waals surface area contributed by atoms with Crippen molar-refractivity contribution in [2.24, 2.45) is 0 Å². The van der Waals surface area contributed by atoms with E-state index in [9.17, 15) is 19.7 Å². The monoisotopic (exact) mass is 425 g/mol. The summed E-state index contributed by atoms with van der Waals surface area (Å²) in [5.41, 5.74) is 6.33. The third-order valence-corrected chi connectivity index (χ3v) is 4.35. The van der Waals surface area contributed by atoms with Crippen molar-refractivity contribution in [2.75, 3.05) is 6.61 Å². The number of amides is 2. The van der Waals surface area contributed by atoms with E-state index in [1.54, 1.807) is 12.1 Å². The quantitative estimate of drug-likeness (QED) is 0.461. The minimum atomic E-state index is -0.622. The number of hydrogen-bond donors (Lipinski definition) is 2. The normalized spacial score (nSPS) is 10.2. The van der Waals surface area contributed by atoms with Gasteiger partial charge in [-0.15, -0.1) is 0 Å². The Morgan fingerprint density at radius 1 is 0.933 bits per heavy atom. The van der Waals surface area contributed by atoms with Crippen molar-refractivity contribution in [2.45, 2.75) is 0 Å². The van der Waals surface area contributed by atoms with Crippen LogP contribution in [0, 0.1) is 10.1 Å². The molecule has 3 aromatic rings. The van der Waals surface area contributed by atoms with E-state index in [4.69, 9.17) is 16.3 Å². The first kappa shape index (κ1) is 20.8. The van der Waals surface area contributed by atoms with Gasteiger partial charge in [0.2, 0.25) is 0 Å². The molecule has 8 nitrogen and oxygen atoms in total. The number of ether oxygens (including phenoxy) is 1. The molecule has 0 bridgehead atoms. The lowest BCUT2D eigenvalue weighted by molar-refractivity contribution is -0.384. The smallest absolute Gasteiger partial charge is 0.276 e. The van der Waals surface area contributed by atoms with E-state index in [-0.39, 0.29) is 17.9 Å². The zero-order chi connectivity index (χ0) is 21.5. The molecule has 0 atom stereocenters.